The number of hydrogen-bond donors (Lipinski definition) is 0. The van der Waals surface area contributed by atoms with Crippen molar-refractivity contribution in [3.8, 4) is 11.5 Å². The average Bonchev–Trinajstić information content (AvgIpc) is 2.77. The molecular weight excluding hydrogens is 380 g/mol. The smallest absolute Gasteiger partial charge is 0.225 e. The molecule has 6 nitrogen and oxygen atoms in total. The molecule has 0 fully saturated rings. The molecule has 0 bridgehead atoms. The van der Waals surface area contributed by atoms with Gasteiger partial charge in [0.15, 0.2) is 11.5 Å². The lowest BCUT2D eigenvalue weighted by molar-refractivity contribution is -0.135. The number of ether oxygens (including phenoxy) is 2. The van der Waals surface area contributed by atoms with Crippen molar-refractivity contribution < 1.29 is 19.1 Å². The molecule has 0 radical (unpaired) electrons. The molecule has 0 saturated carbocycles. The average molecular weight is 406 g/mol. The number of nitrogens with zero attached hydrogens (tertiary/aromatic N) is 2. The number of hydrogen-bond acceptors (Lipinski definition) is 4. The van der Waals surface area contributed by atoms with Gasteiger partial charge in [-0.25, -0.2) is 0 Å². The van der Waals surface area contributed by atoms with Crippen molar-refractivity contribution >= 4 is 17.9 Å². The van der Waals surface area contributed by atoms with Crippen LogP contribution in [-0.4, -0.2) is 41.4 Å². The number of carbonyl (C=O) groups excluding carboxylic acids is 2. The minimum absolute atomic E-state index is 0.00809. The number of rotatable bonds is 5. The number of amides is 2. The normalized spacial score (nSPS) is 16.7. The highest BCUT2D eigenvalue weighted by atomic mass is 16.6. The fourth-order valence-corrected chi connectivity index (χ4v) is 3.99. The van der Waals surface area contributed by atoms with E-state index in [1.54, 1.807) is 11.1 Å². The monoisotopic (exact) mass is 406 g/mol. The lowest BCUT2D eigenvalue weighted by Gasteiger charge is -2.34. The van der Waals surface area contributed by atoms with Crippen molar-refractivity contribution in [2.75, 3.05) is 19.8 Å². The minimum Gasteiger partial charge on any atom is -0.486 e. The van der Waals surface area contributed by atoms with Crippen molar-refractivity contribution in [2.24, 2.45) is 0 Å². The Labute approximate surface area is 176 Å². The lowest BCUT2D eigenvalue weighted by atomic mass is 9.93. The van der Waals surface area contributed by atoms with Crippen LogP contribution in [0.5, 0.6) is 11.5 Å². The van der Waals surface area contributed by atoms with E-state index in [1.165, 1.54) is 6.92 Å². The van der Waals surface area contributed by atoms with E-state index < -0.39 is 0 Å². The lowest BCUT2D eigenvalue weighted by Crippen LogP contribution is -2.37. The molecule has 2 aliphatic rings. The maximum absolute atomic E-state index is 13.2. The number of carbonyl (C=O) groups is 2. The molecule has 0 aromatic heterocycles. The Morgan fingerprint density at radius 3 is 2.63 bits per heavy atom. The van der Waals surface area contributed by atoms with Crippen LogP contribution in [-0.2, 0) is 16.1 Å². The zero-order chi connectivity index (χ0) is 21.1. The molecule has 2 amide bonds. The van der Waals surface area contributed by atoms with E-state index in [0.717, 1.165) is 28.2 Å². The zero-order valence-electron chi connectivity index (χ0n) is 17.3. The van der Waals surface area contributed by atoms with E-state index in [4.69, 9.17) is 9.47 Å². The van der Waals surface area contributed by atoms with Gasteiger partial charge in [0.2, 0.25) is 11.8 Å². The molecule has 2 aromatic rings. The van der Waals surface area contributed by atoms with E-state index in [2.05, 4.69) is 0 Å². The third-order valence-corrected chi connectivity index (χ3v) is 5.55. The van der Waals surface area contributed by atoms with E-state index in [9.17, 15) is 9.59 Å². The van der Waals surface area contributed by atoms with E-state index in [-0.39, 0.29) is 24.3 Å². The van der Waals surface area contributed by atoms with Crippen molar-refractivity contribution in [1.82, 2.24) is 9.80 Å². The first-order chi connectivity index (χ1) is 14.6. The van der Waals surface area contributed by atoms with E-state index in [1.807, 2.05) is 60.4 Å². The van der Waals surface area contributed by atoms with Gasteiger partial charge in [-0.1, -0.05) is 30.3 Å². The molecule has 2 heterocycles. The first-order valence-corrected chi connectivity index (χ1v) is 10.3. The Balaban J connectivity index is 1.52. The molecule has 0 saturated heterocycles. The van der Waals surface area contributed by atoms with Crippen LogP contribution >= 0.6 is 0 Å². The van der Waals surface area contributed by atoms with Crippen molar-refractivity contribution in [1.29, 1.82) is 0 Å². The second-order valence-electron chi connectivity index (χ2n) is 7.48. The summed E-state index contributed by atoms with van der Waals surface area (Å²) in [5.74, 6) is 1.39. The maximum atomic E-state index is 13.2. The molecule has 0 unspecified atom stereocenters. The summed E-state index contributed by atoms with van der Waals surface area (Å²) in [6, 6.07) is 13.4. The van der Waals surface area contributed by atoms with Crippen molar-refractivity contribution in [3.63, 3.8) is 0 Å². The first kappa shape index (κ1) is 20.0. The van der Waals surface area contributed by atoms with Crippen molar-refractivity contribution in [3.05, 3.63) is 65.4 Å². The van der Waals surface area contributed by atoms with Crippen LogP contribution in [0.3, 0.4) is 0 Å². The van der Waals surface area contributed by atoms with Crippen LogP contribution in [0.15, 0.2) is 48.7 Å². The molecule has 0 spiro atoms. The number of benzene rings is 2. The minimum atomic E-state index is -0.300. The molecule has 2 aliphatic heterocycles. The fourth-order valence-electron chi connectivity index (χ4n) is 3.99. The van der Waals surface area contributed by atoms with Crippen LogP contribution in [0.4, 0.5) is 0 Å². The highest BCUT2D eigenvalue weighted by Crippen LogP contribution is 2.34. The summed E-state index contributed by atoms with van der Waals surface area (Å²) in [7, 11) is 0. The summed E-state index contributed by atoms with van der Waals surface area (Å²) in [4.78, 5) is 28.9. The molecule has 0 aliphatic carbocycles. The summed E-state index contributed by atoms with van der Waals surface area (Å²) in [5.41, 5.74) is 3.03. The van der Waals surface area contributed by atoms with Gasteiger partial charge in [-0.3, -0.25) is 9.59 Å². The second kappa shape index (κ2) is 8.61. The Morgan fingerprint density at radius 2 is 1.87 bits per heavy atom. The van der Waals surface area contributed by atoms with Crippen LogP contribution < -0.4 is 9.47 Å². The standard InChI is InChI=1S/C24H26N2O4/c1-3-25(16-18-8-9-22-23(14-18)30-13-12-29-22)24(28)15-21-20-7-5-4-6-19(20)10-11-26(21)17(2)27/h4-11,14,21H,3,12-13,15-16H2,1-2H3/t21-/m0/s1. The zero-order valence-corrected chi connectivity index (χ0v) is 17.3. The molecule has 1 atom stereocenters. The topological polar surface area (TPSA) is 59.1 Å². The molecule has 4 rings (SSSR count). The molecule has 2 aromatic carbocycles. The van der Waals surface area contributed by atoms with Crippen molar-refractivity contribution in [2.45, 2.75) is 32.9 Å². The van der Waals surface area contributed by atoms with Gasteiger partial charge in [-0.2, -0.15) is 0 Å². The van der Waals surface area contributed by atoms with Crippen LogP contribution in [0.2, 0.25) is 0 Å². The van der Waals surface area contributed by atoms with Crippen LogP contribution in [0, 0.1) is 0 Å². The van der Waals surface area contributed by atoms with Gasteiger partial charge in [0.25, 0.3) is 0 Å². The molecule has 30 heavy (non-hydrogen) atoms. The largest absolute Gasteiger partial charge is 0.486 e. The predicted octanol–water partition coefficient (Wildman–Crippen LogP) is 3.77. The van der Waals surface area contributed by atoms with Gasteiger partial charge in [0.1, 0.15) is 13.2 Å². The summed E-state index contributed by atoms with van der Waals surface area (Å²) in [6.45, 7) is 5.64. The third kappa shape index (κ3) is 4.03. The number of fused-ring (bicyclic) bond motifs is 2. The van der Waals surface area contributed by atoms with Gasteiger partial charge >= 0.3 is 0 Å². The highest BCUT2D eigenvalue weighted by molar-refractivity contribution is 5.82. The van der Waals surface area contributed by atoms with Crippen LogP contribution in [0.1, 0.15) is 43.0 Å². The van der Waals surface area contributed by atoms with Gasteiger partial charge in [0.05, 0.1) is 12.5 Å². The fraction of sp³-hybridized carbons (Fsp3) is 0.333. The maximum Gasteiger partial charge on any atom is 0.225 e. The highest BCUT2D eigenvalue weighted by Gasteiger charge is 2.29. The first-order valence-electron chi connectivity index (χ1n) is 10.3. The van der Waals surface area contributed by atoms with E-state index in [0.29, 0.717) is 26.3 Å². The summed E-state index contributed by atoms with van der Waals surface area (Å²) in [6.07, 6.45) is 3.93. The summed E-state index contributed by atoms with van der Waals surface area (Å²) >= 11 is 0. The SMILES string of the molecule is CCN(Cc1ccc2c(c1)OCCO2)C(=O)C[C@H]1c2ccccc2C=CN1C(C)=O. The van der Waals surface area contributed by atoms with Gasteiger partial charge in [-0.05, 0) is 41.8 Å². The Bertz CT molecular complexity index is 985. The Hall–Kier alpha value is -3.28. The van der Waals surface area contributed by atoms with E-state index >= 15 is 0 Å². The molecule has 156 valence electrons. The Morgan fingerprint density at radius 1 is 1.10 bits per heavy atom. The third-order valence-electron chi connectivity index (χ3n) is 5.55. The molecule has 0 N–H and O–H groups in total. The summed E-state index contributed by atoms with van der Waals surface area (Å²) < 4.78 is 11.2. The quantitative estimate of drug-likeness (QED) is 0.758. The van der Waals surface area contributed by atoms with Gasteiger partial charge in [0, 0.05) is 26.2 Å². The molecular formula is C24H26N2O4. The molecule has 6 heteroatoms. The van der Waals surface area contributed by atoms with Gasteiger partial charge < -0.3 is 19.3 Å². The predicted molar refractivity (Wildman–Crippen MR) is 114 cm³/mol. The van der Waals surface area contributed by atoms with Crippen LogP contribution in [0.25, 0.3) is 6.08 Å². The summed E-state index contributed by atoms with van der Waals surface area (Å²) in [5, 5.41) is 0. The van der Waals surface area contributed by atoms with Gasteiger partial charge in [-0.15, -0.1) is 0 Å². The second-order valence-corrected chi connectivity index (χ2v) is 7.48. The Kier molecular flexibility index (Phi) is 5.74.